The molecule has 0 saturated carbocycles. The van der Waals surface area contributed by atoms with E-state index in [4.69, 9.17) is 4.74 Å². The monoisotopic (exact) mass is 262 g/mol. The molecule has 14 heavy (non-hydrogen) atoms. The number of hydrogen-bond donors (Lipinski definition) is 0. The zero-order valence-corrected chi connectivity index (χ0v) is 11.3. The lowest BCUT2D eigenvalue weighted by Crippen LogP contribution is -2.23. The van der Waals surface area contributed by atoms with Crippen LogP contribution in [0.4, 0.5) is 0 Å². The average Bonchev–Trinajstić information content (AvgIpc) is 2.55. The van der Waals surface area contributed by atoms with Crippen LogP contribution in [-0.4, -0.2) is 18.0 Å². The third-order valence-corrected chi connectivity index (χ3v) is 4.05. The Morgan fingerprint density at radius 3 is 2.57 bits per heavy atom. The smallest absolute Gasteiger partial charge is 0.0576 e. The fraction of sp³-hybridized carbons (Fsp3) is 1.00. The fourth-order valence-electron chi connectivity index (χ4n) is 2.00. The van der Waals surface area contributed by atoms with Gasteiger partial charge in [-0.3, -0.25) is 0 Å². The second-order valence-electron chi connectivity index (χ2n) is 5.43. The molecule has 0 spiro atoms. The molecule has 1 nitrogen and oxygen atoms in total. The molecule has 84 valence electrons. The first-order valence-electron chi connectivity index (χ1n) is 5.71. The lowest BCUT2D eigenvalue weighted by molar-refractivity contribution is 0.0921. The van der Waals surface area contributed by atoms with E-state index in [1.807, 2.05) is 0 Å². The normalized spacial score (nSPS) is 25.3. The van der Waals surface area contributed by atoms with Crippen molar-refractivity contribution in [3.05, 3.63) is 0 Å². The van der Waals surface area contributed by atoms with E-state index < -0.39 is 0 Å². The van der Waals surface area contributed by atoms with Crippen LogP contribution in [0, 0.1) is 11.3 Å². The quantitative estimate of drug-likeness (QED) is 0.696. The van der Waals surface area contributed by atoms with E-state index in [1.54, 1.807) is 0 Å². The topological polar surface area (TPSA) is 9.23 Å². The molecule has 0 radical (unpaired) electrons. The summed E-state index contributed by atoms with van der Waals surface area (Å²) in [5.74, 6) is 0.770. The van der Waals surface area contributed by atoms with E-state index >= 15 is 0 Å². The molecule has 1 rings (SSSR count). The van der Waals surface area contributed by atoms with Gasteiger partial charge in [0.2, 0.25) is 0 Å². The van der Waals surface area contributed by atoms with Gasteiger partial charge in [-0.05, 0) is 37.0 Å². The van der Waals surface area contributed by atoms with Gasteiger partial charge in [-0.2, -0.15) is 0 Å². The van der Waals surface area contributed by atoms with Gasteiger partial charge in [-0.15, -0.1) is 0 Å². The first-order chi connectivity index (χ1) is 6.54. The van der Waals surface area contributed by atoms with Crippen molar-refractivity contribution in [2.75, 3.05) is 11.9 Å². The van der Waals surface area contributed by atoms with Gasteiger partial charge in [0, 0.05) is 11.9 Å². The van der Waals surface area contributed by atoms with Crippen LogP contribution in [0.25, 0.3) is 0 Å². The van der Waals surface area contributed by atoms with Gasteiger partial charge in [0.15, 0.2) is 0 Å². The predicted octanol–water partition coefficient (Wildman–Crippen LogP) is 4.00. The van der Waals surface area contributed by atoms with E-state index in [0.717, 1.165) is 17.9 Å². The SMILES string of the molecule is CC(C)(C)C(CBr)CCC1CCCO1. The second-order valence-corrected chi connectivity index (χ2v) is 6.08. The van der Waals surface area contributed by atoms with Gasteiger partial charge in [0.1, 0.15) is 0 Å². The minimum absolute atomic E-state index is 0.419. The Morgan fingerprint density at radius 1 is 1.43 bits per heavy atom. The molecule has 0 amide bonds. The summed E-state index contributed by atoms with van der Waals surface area (Å²) in [6, 6.07) is 0. The van der Waals surface area contributed by atoms with Crippen LogP contribution in [0.2, 0.25) is 0 Å². The molecule has 1 saturated heterocycles. The molecule has 1 aliphatic rings. The minimum Gasteiger partial charge on any atom is -0.378 e. The predicted molar refractivity (Wildman–Crippen MR) is 64.9 cm³/mol. The fourth-order valence-corrected chi connectivity index (χ4v) is 3.30. The van der Waals surface area contributed by atoms with E-state index in [-0.39, 0.29) is 0 Å². The van der Waals surface area contributed by atoms with Crippen LogP contribution in [0.1, 0.15) is 46.5 Å². The zero-order valence-electron chi connectivity index (χ0n) is 9.68. The molecule has 1 heterocycles. The van der Waals surface area contributed by atoms with Crippen LogP contribution in [0.15, 0.2) is 0 Å². The highest BCUT2D eigenvalue weighted by Gasteiger charge is 2.25. The molecule has 1 fully saturated rings. The summed E-state index contributed by atoms with van der Waals surface area (Å²) in [7, 11) is 0. The van der Waals surface area contributed by atoms with Crippen LogP contribution in [-0.2, 0) is 4.74 Å². The van der Waals surface area contributed by atoms with Crippen molar-refractivity contribution >= 4 is 15.9 Å². The van der Waals surface area contributed by atoms with E-state index in [9.17, 15) is 0 Å². The molecular weight excluding hydrogens is 240 g/mol. The summed E-state index contributed by atoms with van der Waals surface area (Å²) in [5.41, 5.74) is 0.419. The second kappa shape index (κ2) is 5.50. The Balaban J connectivity index is 2.26. The first-order valence-corrected chi connectivity index (χ1v) is 6.83. The molecule has 0 aromatic rings. The molecule has 0 aromatic heterocycles. The Kier molecular flexibility index (Phi) is 4.92. The number of alkyl halides is 1. The molecule has 0 aromatic carbocycles. The number of hydrogen-bond acceptors (Lipinski definition) is 1. The van der Waals surface area contributed by atoms with Gasteiger partial charge >= 0.3 is 0 Å². The van der Waals surface area contributed by atoms with Crippen LogP contribution < -0.4 is 0 Å². The summed E-state index contributed by atoms with van der Waals surface area (Å²) in [4.78, 5) is 0. The summed E-state index contributed by atoms with van der Waals surface area (Å²) in [5, 5.41) is 1.11. The lowest BCUT2D eigenvalue weighted by atomic mass is 9.79. The van der Waals surface area contributed by atoms with Crippen LogP contribution >= 0.6 is 15.9 Å². The molecule has 2 heteroatoms. The molecule has 0 bridgehead atoms. The molecular formula is C12H23BrO. The number of halogens is 1. The average molecular weight is 263 g/mol. The van der Waals surface area contributed by atoms with E-state index in [1.165, 1.54) is 25.7 Å². The largest absolute Gasteiger partial charge is 0.378 e. The van der Waals surface area contributed by atoms with Gasteiger partial charge in [-0.25, -0.2) is 0 Å². The summed E-state index contributed by atoms with van der Waals surface area (Å²) in [6.07, 6.45) is 5.63. The first kappa shape index (κ1) is 12.5. The molecule has 0 aliphatic carbocycles. The van der Waals surface area contributed by atoms with Crippen molar-refractivity contribution in [1.82, 2.24) is 0 Å². The Hall–Kier alpha value is 0.440. The third kappa shape index (κ3) is 3.90. The Bertz CT molecular complexity index is 156. The maximum atomic E-state index is 5.65. The Labute approximate surface area is 96.7 Å². The minimum atomic E-state index is 0.419. The number of ether oxygens (including phenoxy) is 1. The van der Waals surface area contributed by atoms with Gasteiger partial charge in [0.05, 0.1) is 6.10 Å². The zero-order chi connectivity index (χ0) is 10.6. The molecule has 2 atom stereocenters. The van der Waals surface area contributed by atoms with Crippen molar-refractivity contribution in [1.29, 1.82) is 0 Å². The summed E-state index contributed by atoms with van der Waals surface area (Å²) >= 11 is 3.62. The van der Waals surface area contributed by atoms with Crippen molar-refractivity contribution in [3.8, 4) is 0 Å². The standard InChI is InChI=1S/C12H23BrO/c1-12(2,3)10(9-13)6-7-11-5-4-8-14-11/h10-11H,4-9H2,1-3H3. The summed E-state index contributed by atoms with van der Waals surface area (Å²) in [6.45, 7) is 7.97. The van der Waals surface area contributed by atoms with Crippen molar-refractivity contribution in [2.45, 2.75) is 52.6 Å². The molecule has 2 unspecified atom stereocenters. The van der Waals surface area contributed by atoms with Crippen LogP contribution in [0.5, 0.6) is 0 Å². The lowest BCUT2D eigenvalue weighted by Gasteiger charge is -2.29. The van der Waals surface area contributed by atoms with Gasteiger partial charge in [0.25, 0.3) is 0 Å². The van der Waals surface area contributed by atoms with Gasteiger partial charge in [-0.1, -0.05) is 36.7 Å². The van der Waals surface area contributed by atoms with Crippen molar-refractivity contribution < 1.29 is 4.74 Å². The van der Waals surface area contributed by atoms with Crippen molar-refractivity contribution in [2.24, 2.45) is 11.3 Å². The van der Waals surface area contributed by atoms with Crippen molar-refractivity contribution in [3.63, 3.8) is 0 Å². The van der Waals surface area contributed by atoms with E-state index in [0.29, 0.717) is 11.5 Å². The highest BCUT2D eigenvalue weighted by molar-refractivity contribution is 9.09. The summed E-state index contributed by atoms with van der Waals surface area (Å²) < 4.78 is 5.65. The van der Waals surface area contributed by atoms with E-state index in [2.05, 4.69) is 36.7 Å². The number of rotatable bonds is 4. The maximum absolute atomic E-state index is 5.65. The highest BCUT2D eigenvalue weighted by atomic mass is 79.9. The molecule has 0 N–H and O–H groups in total. The highest BCUT2D eigenvalue weighted by Crippen LogP contribution is 2.32. The molecule has 1 aliphatic heterocycles. The van der Waals surface area contributed by atoms with Crippen LogP contribution in [0.3, 0.4) is 0 Å². The third-order valence-electron chi connectivity index (χ3n) is 3.27. The Morgan fingerprint density at radius 2 is 2.14 bits per heavy atom. The van der Waals surface area contributed by atoms with Gasteiger partial charge < -0.3 is 4.74 Å². The maximum Gasteiger partial charge on any atom is 0.0576 e.